The van der Waals surface area contributed by atoms with Gasteiger partial charge in [-0.05, 0) is 23.7 Å². The van der Waals surface area contributed by atoms with Crippen molar-refractivity contribution in [3.8, 4) is 0 Å². The first-order valence-corrected chi connectivity index (χ1v) is 9.34. The summed E-state index contributed by atoms with van der Waals surface area (Å²) in [5, 5.41) is 0.130. The molecule has 0 spiro atoms. The molecule has 0 saturated carbocycles. The Kier molecular flexibility index (Phi) is 4.88. The number of hydrogen-bond donors (Lipinski definition) is 0. The van der Waals surface area contributed by atoms with E-state index in [1.54, 1.807) is 0 Å². The Morgan fingerprint density at radius 2 is 1.78 bits per heavy atom. The number of carbonyl (C=O) groups is 1. The van der Waals surface area contributed by atoms with Crippen LogP contribution >= 0.6 is 0 Å². The number of rotatable bonds is 5. The van der Waals surface area contributed by atoms with Crippen LogP contribution in [0, 0.1) is 0 Å². The Labute approximate surface area is 111 Å². The van der Waals surface area contributed by atoms with Crippen LogP contribution in [0.25, 0.3) is 0 Å². The Morgan fingerprint density at radius 1 is 1.22 bits per heavy atom. The molecule has 18 heavy (non-hydrogen) atoms. The number of carbonyl (C=O) groups excluding carboxylic acids is 1. The normalized spacial score (nSPS) is 14.3. The molecule has 0 saturated heterocycles. The Balaban J connectivity index is 2.72. The molecule has 0 N–H and O–H groups in total. The molecule has 0 aliphatic carbocycles. The van der Waals surface area contributed by atoms with Gasteiger partial charge in [0, 0.05) is 6.42 Å². The summed E-state index contributed by atoms with van der Waals surface area (Å²) < 4.78 is 6.13. The summed E-state index contributed by atoms with van der Waals surface area (Å²) in [7, 11) is -1.87. The number of aldehydes is 1. The van der Waals surface area contributed by atoms with Gasteiger partial charge in [-0.1, -0.05) is 51.1 Å². The minimum atomic E-state index is -1.87. The summed E-state index contributed by atoms with van der Waals surface area (Å²) in [6.07, 6.45) is 1.28. The highest BCUT2D eigenvalue weighted by Crippen LogP contribution is 2.37. The molecule has 0 fully saturated rings. The molecule has 1 rings (SSSR count). The van der Waals surface area contributed by atoms with Gasteiger partial charge in [0.2, 0.25) is 0 Å². The second kappa shape index (κ2) is 5.80. The summed E-state index contributed by atoms with van der Waals surface area (Å²) in [6.45, 7) is 10.9. The van der Waals surface area contributed by atoms with Gasteiger partial charge in [0.05, 0.1) is 0 Å². The summed E-state index contributed by atoms with van der Waals surface area (Å²) in [6, 6.07) is 10.0. The summed E-state index contributed by atoms with van der Waals surface area (Å²) in [4.78, 5) is 11.2. The average molecular weight is 264 g/mol. The van der Waals surface area contributed by atoms with Gasteiger partial charge in [-0.25, -0.2) is 0 Å². The van der Waals surface area contributed by atoms with E-state index in [4.69, 9.17) is 4.43 Å². The summed E-state index contributed by atoms with van der Waals surface area (Å²) >= 11 is 0. The van der Waals surface area contributed by atoms with Gasteiger partial charge in [0.25, 0.3) is 0 Å². The molecular weight excluding hydrogens is 240 g/mol. The van der Waals surface area contributed by atoms with E-state index < -0.39 is 8.32 Å². The molecular formula is C15H24O2Si. The minimum Gasteiger partial charge on any atom is -0.407 e. The van der Waals surface area contributed by atoms with E-state index in [2.05, 4.69) is 33.9 Å². The fraction of sp³-hybridized carbons (Fsp3) is 0.533. The zero-order valence-corrected chi connectivity index (χ0v) is 13.1. The SMILES string of the molecule is CC(C)(C)[Si](C)(C)O[C@H](C=O)Cc1ccccc1. The van der Waals surface area contributed by atoms with Crippen molar-refractivity contribution in [2.75, 3.05) is 0 Å². The van der Waals surface area contributed by atoms with E-state index in [1.165, 1.54) is 0 Å². The summed E-state index contributed by atoms with van der Waals surface area (Å²) in [5.41, 5.74) is 1.15. The van der Waals surface area contributed by atoms with Gasteiger partial charge >= 0.3 is 0 Å². The third-order valence-corrected chi connectivity index (χ3v) is 8.19. The van der Waals surface area contributed by atoms with Crippen molar-refractivity contribution < 1.29 is 9.22 Å². The fourth-order valence-corrected chi connectivity index (χ4v) is 2.77. The van der Waals surface area contributed by atoms with Gasteiger partial charge in [0.15, 0.2) is 8.32 Å². The minimum absolute atomic E-state index is 0.130. The molecule has 0 amide bonds. The molecule has 0 aromatic heterocycles. The second-order valence-electron chi connectivity index (χ2n) is 6.24. The molecule has 1 atom stereocenters. The largest absolute Gasteiger partial charge is 0.407 e. The molecule has 1 aromatic rings. The van der Waals surface area contributed by atoms with Crippen molar-refractivity contribution in [3.63, 3.8) is 0 Å². The van der Waals surface area contributed by atoms with E-state index in [1.807, 2.05) is 30.3 Å². The van der Waals surface area contributed by atoms with E-state index in [0.717, 1.165) is 11.8 Å². The average Bonchev–Trinajstić information content (AvgIpc) is 2.27. The van der Waals surface area contributed by atoms with Crippen molar-refractivity contribution >= 4 is 14.6 Å². The van der Waals surface area contributed by atoms with Gasteiger partial charge in [-0.2, -0.15) is 0 Å². The summed E-state index contributed by atoms with van der Waals surface area (Å²) in [5.74, 6) is 0. The standard InChI is InChI=1S/C15H24O2Si/c1-15(2,3)18(4,5)17-14(12-16)11-13-9-7-6-8-10-13/h6-10,12,14H,11H2,1-5H3/t14-/m0/s1. The highest BCUT2D eigenvalue weighted by atomic mass is 28.4. The first-order chi connectivity index (χ1) is 8.26. The van der Waals surface area contributed by atoms with Crippen LogP contribution < -0.4 is 0 Å². The Hall–Kier alpha value is -0.933. The lowest BCUT2D eigenvalue weighted by Crippen LogP contribution is -2.44. The van der Waals surface area contributed by atoms with Gasteiger partial charge in [0.1, 0.15) is 12.4 Å². The maximum atomic E-state index is 11.2. The van der Waals surface area contributed by atoms with Gasteiger partial charge in [-0.15, -0.1) is 0 Å². The van der Waals surface area contributed by atoms with Crippen LogP contribution in [0.5, 0.6) is 0 Å². The molecule has 0 heterocycles. The smallest absolute Gasteiger partial charge is 0.193 e. The maximum Gasteiger partial charge on any atom is 0.193 e. The van der Waals surface area contributed by atoms with Crippen LogP contribution in [-0.2, 0) is 15.6 Å². The fourth-order valence-electron chi connectivity index (χ4n) is 1.52. The molecule has 0 aliphatic heterocycles. The Morgan fingerprint density at radius 3 is 2.22 bits per heavy atom. The van der Waals surface area contributed by atoms with Crippen LogP contribution in [0.1, 0.15) is 26.3 Å². The van der Waals surface area contributed by atoms with Gasteiger partial charge in [-0.3, -0.25) is 0 Å². The highest BCUT2D eigenvalue weighted by molar-refractivity contribution is 6.74. The zero-order chi connectivity index (χ0) is 13.8. The van der Waals surface area contributed by atoms with Crippen molar-refractivity contribution in [1.82, 2.24) is 0 Å². The van der Waals surface area contributed by atoms with E-state index in [9.17, 15) is 4.79 Å². The first kappa shape index (κ1) is 15.1. The molecule has 1 aromatic carbocycles. The van der Waals surface area contributed by atoms with E-state index in [-0.39, 0.29) is 11.1 Å². The van der Waals surface area contributed by atoms with Crippen molar-refractivity contribution in [3.05, 3.63) is 35.9 Å². The second-order valence-corrected chi connectivity index (χ2v) is 11.0. The molecule has 0 radical (unpaired) electrons. The van der Waals surface area contributed by atoms with Crippen LogP contribution in [0.15, 0.2) is 30.3 Å². The van der Waals surface area contributed by atoms with Crippen molar-refractivity contribution in [1.29, 1.82) is 0 Å². The third-order valence-electron chi connectivity index (χ3n) is 3.68. The Bertz CT molecular complexity index is 379. The van der Waals surface area contributed by atoms with Crippen LogP contribution in [0.3, 0.4) is 0 Å². The van der Waals surface area contributed by atoms with Crippen LogP contribution in [-0.4, -0.2) is 20.7 Å². The van der Waals surface area contributed by atoms with Gasteiger partial charge < -0.3 is 9.22 Å². The molecule has 0 aliphatic rings. The van der Waals surface area contributed by atoms with Crippen molar-refractivity contribution in [2.45, 2.75) is 51.4 Å². The quantitative estimate of drug-likeness (QED) is 0.597. The van der Waals surface area contributed by atoms with Crippen LogP contribution in [0.2, 0.25) is 18.1 Å². The van der Waals surface area contributed by atoms with E-state index in [0.29, 0.717) is 6.42 Å². The predicted molar refractivity (Wildman–Crippen MR) is 78.3 cm³/mol. The zero-order valence-electron chi connectivity index (χ0n) is 12.1. The maximum absolute atomic E-state index is 11.2. The number of benzene rings is 1. The van der Waals surface area contributed by atoms with Crippen LogP contribution in [0.4, 0.5) is 0 Å². The first-order valence-electron chi connectivity index (χ1n) is 6.43. The lowest BCUT2D eigenvalue weighted by atomic mass is 10.1. The third kappa shape index (κ3) is 4.07. The monoisotopic (exact) mass is 264 g/mol. The molecule has 0 unspecified atom stereocenters. The number of hydrogen-bond acceptors (Lipinski definition) is 2. The lowest BCUT2D eigenvalue weighted by molar-refractivity contribution is -0.114. The molecule has 3 heteroatoms. The topological polar surface area (TPSA) is 26.3 Å². The highest BCUT2D eigenvalue weighted by Gasteiger charge is 2.39. The van der Waals surface area contributed by atoms with E-state index >= 15 is 0 Å². The lowest BCUT2D eigenvalue weighted by Gasteiger charge is -2.38. The predicted octanol–water partition coefficient (Wildman–Crippen LogP) is 3.82. The molecule has 2 nitrogen and oxygen atoms in total. The van der Waals surface area contributed by atoms with Crippen molar-refractivity contribution in [2.24, 2.45) is 0 Å². The molecule has 100 valence electrons. The molecule has 0 bridgehead atoms.